The van der Waals surface area contributed by atoms with Crippen LogP contribution in [0.25, 0.3) is 0 Å². The summed E-state index contributed by atoms with van der Waals surface area (Å²) >= 11 is 0. The van der Waals surface area contributed by atoms with Crippen molar-refractivity contribution in [3.05, 3.63) is 23.8 Å². The highest BCUT2D eigenvalue weighted by molar-refractivity contribution is 5.92. The lowest BCUT2D eigenvalue weighted by molar-refractivity contribution is -0.130. The molecule has 1 aliphatic rings. The number of esters is 1. The van der Waals surface area contributed by atoms with Crippen LogP contribution in [-0.4, -0.2) is 43.5 Å². The summed E-state index contributed by atoms with van der Waals surface area (Å²) in [7, 11) is 1.33. The van der Waals surface area contributed by atoms with Crippen molar-refractivity contribution in [2.24, 2.45) is 0 Å². The van der Waals surface area contributed by atoms with Crippen LogP contribution in [0, 0.1) is 0 Å². The molecule has 1 amide bonds. The van der Waals surface area contributed by atoms with Crippen LogP contribution in [0.4, 0.5) is 11.4 Å². The lowest BCUT2D eigenvalue weighted by Gasteiger charge is -2.27. The number of hydrogen-bond acceptors (Lipinski definition) is 5. The maximum Gasteiger partial charge on any atom is 0.337 e. The fourth-order valence-corrected chi connectivity index (χ4v) is 2.38. The first-order chi connectivity index (χ1) is 10.1. The van der Waals surface area contributed by atoms with E-state index in [1.54, 1.807) is 18.2 Å². The third-order valence-electron chi connectivity index (χ3n) is 3.61. The van der Waals surface area contributed by atoms with Gasteiger partial charge in [0.15, 0.2) is 0 Å². The summed E-state index contributed by atoms with van der Waals surface area (Å²) in [5.41, 5.74) is 7.33. The molecule has 2 rings (SSSR count). The van der Waals surface area contributed by atoms with Crippen LogP contribution in [0.3, 0.4) is 0 Å². The molecule has 1 fully saturated rings. The fraction of sp³-hybridized carbons (Fsp3) is 0.467. The molecule has 0 radical (unpaired) electrons. The predicted octanol–water partition coefficient (Wildman–Crippen LogP) is 1.48. The molecule has 6 nitrogen and oxygen atoms in total. The van der Waals surface area contributed by atoms with E-state index in [0.717, 1.165) is 25.9 Å². The van der Waals surface area contributed by atoms with E-state index >= 15 is 0 Å². The Hall–Kier alpha value is -2.24. The number of methoxy groups -OCH3 is 1. The zero-order valence-electron chi connectivity index (χ0n) is 12.2. The molecule has 0 bridgehead atoms. The van der Waals surface area contributed by atoms with Gasteiger partial charge in [-0.05, 0) is 37.5 Å². The summed E-state index contributed by atoms with van der Waals surface area (Å²) < 4.78 is 4.67. The van der Waals surface area contributed by atoms with Gasteiger partial charge in [-0.25, -0.2) is 4.79 Å². The van der Waals surface area contributed by atoms with E-state index in [0.29, 0.717) is 16.9 Å². The van der Waals surface area contributed by atoms with Crippen LogP contribution in [0.15, 0.2) is 18.2 Å². The van der Waals surface area contributed by atoms with E-state index in [1.807, 2.05) is 4.90 Å². The number of nitrogens with two attached hydrogens (primary N) is 1. The van der Waals surface area contributed by atoms with Crippen molar-refractivity contribution in [3.63, 3.8) is 0 Å². The van der Waals surface area contributed by atoms with Gasteiger partial charge in [0, 0.05) is 13.1 Å². The zero-order valence-corrected chi connectivity index (χ0v) is 12.2. The number of carbonyl (C=O) groups excluding carboxylic acids is 2. The number of hydrogen-bond donors (Lipinski definition) is 2. The first-order valence-corrected chi connectivity index (χ1v) is 7.11. The first-order valence-electron chi connectivity index (χ1n) is 7.11. The van der Waals surface area contributed by atoms with E-state index in [-0.39, 0.29) is 12.5 Å². The molecule has 0 spiro atoms. The highest BCUT2D eigenvalue weighted by atomic mass is 16.5. The molecule has 1 aromatic rings. The zero-order chi connectivity index (χ0) is 15.2. The van der Waals surface area contributed by atoms with Crippen molar-refractivity contribution in [2.75, 3.05) is 37.8 Å². The van der Waals surface area contributed by atoms with Crippen molar-refractivity contribution < 1.29 is 14.3 Å². The molecule has 1 heterocycles. The quantitative estimate of drug-likeness (QED) is 0.648. The van der Waals surface area contributed by atoms with E-state index in [9.17, 15) is 9.59 Å². The van der Waals surface area contributed by atoms with Crippen molar-refractivity contribution in [2.45, 2.75) is 19.3 Å². The smallest absolute Gasteiger partial charge is 0.337 e. The number of nitrogen functional groups attached to an aromatic ring is 1. The number of nitrogens with zero attached hydrogens (tertiary/aromatic N) is 1. The Labute approximate surface area is 124 Å². The van der Waals surface area contributed by atoms with Crippen LogP contribution < -0.4 is 11.1 Å². The average Bonchev–Trinajstić information content (AvgIpc) is 2.53. The molecule has 1 saturated heterocycles. The van der Waals surface area contributed by atoms with Crippen LogP contribution in [0.5, 0.6) is 0 Å². The second kappa shape index (κ2) is 6.97. The molecule has 0 aromatic heterocycles. The molecule has 0 atom stereocenters. The molecular weight excluding hydrogens is 270 g/mol. The summed E-state index contributed by atoms with van der Waals surface area (Å²) in [5.74, 6) is -0.377. The molecule has 114 valence electrons. The normalized spacial score (nSPS) is 14.6. The Balaban J connectivity index is 1.98. The number of nitrogens with one attached hydrogen (secondary N) is 1. The summed E-state index contributed by atoms with van der Waals surface area (Å²) in [5, 5.41) is 3.01. The number of piperidine rings is 1. The van der Waals surface area contributed by atoms with Gasteiger partial charge in [0.1, 0.15) is 0 Å². The largest absolute Gasteiger partial charge is 0.465 e. The van der Waals surface area contributed by atoms with E-state index in [1.165, 1.54) is 13.5 Å². The van der Waals surface area contributed by atoms with Gasteiger partial charge in [0.2, 0.25) is 5.91 Å². The minimum absolute atomic E-state index is 0.0533. The third kappa shape index (κ3) is 3.87. The van der Waals surface area contributed by atoms with Gasteiger partial charge >= 0.3 is 5.97 Å². The van der Waals surface area contributed by atoms with Gasteiger partial charge in [0.05, 0.1) is 30.6 Å². The topological polar surface area (TPSA) is 84.7 Å². The predicted molar refractivity (Wildman–Crippen MR) is 81.1 cm³/mol. The molecule has 6 heteroatoms. The molecule has 3 N–H and O–H groups in total. The van der Waals surface area contributed by atoms with Crippen molar-refractivity contribution in [1.29, 1.82) is 0 Å². The summed E-state index contributed by atoms with van der Waals surface area (Å²) in [6.45, 7) is 1.81. The Kier molecular flexibility index (Phi) is 5.03. The van der Waals surface area contributed by atoms with E-state index in [4.69, 9.17) is 5.73 Å². The number of rotatable bonds is 4. The maximum absolute atomic E-state index is 12.1. The SMILES string of the molecule is COC(=O)c1ccc(N)c(NCC(=O)N2CCCCC2)c1. The number of anilines is 2. The summed E-state index contributed by atoms with van der Waals surface area (Å²) in [6, 6.07) is 4.82. The Morgan fingerprint density at radius 1 is 1.29 bits per heavy atom. The van der Waals surface area contributed by atoms with Crippen LogP contribution in [0.2, 0.25) is 0 Å². The molecule has 0 aliphatic carbocycles. The lowest BCUT2D eigenvalue weighted by Crippen LogP contribution is -2.39. The van der Waals surface area contributed by atoms with Crippen molar-refractivity contribution >= 4 is 23.3 Å². The van der Waals surface area contributed by atoms with Crippen molar-refractivity contribution in [3.8, 4) is 0 Å². The Morgan fingerprint density at radius 2 is 2.00 bits per heavy atom. The van der Waals surface area contributed by atoms with Gasteiger partial charge in [-0.1, -0.05) is 0 Å². The third-order valence-corrected chi connectivity index (χ3v) is 3.61. The van der Waals surface area contributed by atoms with Crippen molar-refractivity contribution in [1.82, 2.24) is 4.90 Å². The van der Waals surface area contributed by atoms with Gasteiger partial charge in [-0.15, -0.1) is 0 Å². The molecule has 1 aromatic carbocycles. The van der Waals surface area contributed by atoms with Crippen LogP contribution in [0.1, 0.15) is 29.6 Å². The average molecular weight is 291 g/mol. The second-order valence-electron chi connectivity index (χ2n) is 5.09. The highest BCUT2D eigenvalue weighted by Crippen LogP contribution is 2.20. The number of amides is 1. The number of likely N-dealkylation sites (tertiary alicyclic amines) is 1. The van der Waals surface area contributed by atoms with Gasteiger partial charge in [0.25, 0.3) is 0 Å². The Morgan fingerprint density at radius 3 is 2.67 bits per heavy atom. The number of benzene rings is 1. The highest BCUT2D eigenvalue weighted by Gasteiger charge is 2.16. The minimum Gasteiger partial charge on any atom is -0.465 e. The lowest BCUT2D eigenvalue weighted by atomic mass is 10.1. The molecule has 21 heavy (non-hydrogen) atoms. The van der Waals surface area contributed by atoms with E-state index < -0.39 is 5.97 Å². The number of ether oxygens (including phenoxy) is 1. The van der Waals surface area contributed by atoms with E-state index in [2.05, 4.69) is 10.1 Å². The van der Waals surface area contributed by atoms with Gasteiger partial charge in [-0.3, -0.25) is 4.79 Å². The second-order valence-corrected chi connectivity index (χ2v) is 5.09. The first kappa shape index (κ1) is 15.2. The van der Waals surface area contributed by atoms with Gasteiger partial charge in [-0.2, -0.15) is 0 Å². The van der Waals surface area contributed by atoms with Crippen LogP contribution >= 0.6 is 0 Å². The standard InChI is InChI=1S/C15H21N3O3/c1-21-15(20)11-5-6-12(16)13(9-11)17-10-14(19)18-7-3-2-4-8-18/h5-6,9,17H,2-4,7-8,10,16H2,1H3. The molecular formula is C15H21N3O3. The minimum atomic E-state index is -0.430. The Bertz CT molecular complexity index is 525. The fourth-order valence-electron chi connectivity index (χ4n) is 2.38. The van der Waals surface area contributed by atoms with Crippen LogP contribution in [-0.2, 0) is 9.53 Å². The summed E-state index contributed by atoms with van der Waals surface area (Å²) in [4.78, 5) is 25.4. The summed E-state index contributed by atoms with van der Waals surface area (Å²) in [6.07, 6.45) is 3.31. The van der Waals surface area contributed by atoms with Gasteiger partial charge < -0.3 is 20.7 Å². The maximum atomic E-state index is 12.1. The molecule has 1 aliphatic heterocycles. The monoisotopic (exact) mass is 291 g/mol. The number of carbonyl (C=O) groups is 2. The molecule has 0 unspecified atom stereocenters. The molecule has 0 saturated carbocycles.